The minimum absolute atomic E-state index is 0.514. The van der Waals surface area contributed by atoms with Gasteiger partial charge >= 0.3 is 0 Å². The van der Waals surface area contributed by atoms with Gasteiger partial charge in [-0.25, -0.2) is 4.98 Å². The van der Waals surface area contributed by atoms with Crippen LogP contribution in [-0.2, 0) is 6.54 Å². The highest BCUT2D eigenvalue weighted by Gasteiger charge is 2.30. The summed E-state index contributed by atoms with van der Waals surface area (Å²) in [6.45, 7) is 4.45. The predicted molar refractivity (Wildman–Crippen MR) is 84.3 cm³/mol. The Labute approximate surface area is 128 Å². The Morgan fingerprint density at radius 1 is 1.30 bits per heavy atom. The third kappa shape index (κ3) is 2.43. The lowest BCUT2D eigenvalue weighted by Gasteiger charge is -2.06. The molecule has 2 aromatic rings. The zero-order chi connectivity index (χ0) is 14.3. The highest BCUT2D eigenvalue weighted by Crippen LogP contribution is 2.42. The van der Waals surface area contributed by atoms with E-state index in [-0.39, 0.29) is 0 Å². The van der Waals surface area contributed by atoms with Gasteiger partial charge in [-0.3, -0.25) is 0 Å². The number of hydrogen-bond acceptors (Lipinski definition) is 2. The molecule has 1 saturated carbocycles. The molecule has 3 rings (SSSR count). The maximum absolute atomic E-state index is 6.25. The van der Waals surface area contributed by atoms with Crippen molar-refractivity contribution in [3.05, 3.63) is 46.7 Å². The van der Waals surface area contributed by atoms with E-state index in [9.17, 15) is 0 Å². The molecular formula is C15H15Cl2N3. The summed E-state index contributed by atoms with van der Waals surface area (Å²) in [4.78, 5) is 4.72. The average Bonchev–Trinajstić information content (AvgIpc) is 3.16. The maximum atomic E-state index is 6.25. The van der Waals surface area contributed by atoms with Gasteiger partial charge in [0.15, 0.2) is 0 Å². The second-order valence-electron chi connectivity index (χ2n) is 5.04. The van der Waals surface area contributed by atoms with E-state index in [0.29, 0.717) is 28.3 Å². The first-order valence-corrected chi connectivity index (χ1v) is 7.29. The van der Waals surface area contributed by atoms with Gasteiger partial charge in [0, 0.05) is 28.1 Å². The second-order valence-corrected chi connectivity index (χ2v) is 5.91. The molecular weight excluding hydrogens is 293 g/mol. The Kier molecular flexibility index (Phi) is 3.48. The standard InChI is InChI=1S/C15H15Cl2N3/c1-2-5-20-14(18)13(19-15(20)9-3-4-9)10-6-11(16)8-12(17)7-10/h2,6-9H,1,3-5,18H2. The minimum atomic E-state index is 0.514. The normalized spacial score (nSPS) is 14.5. The molecule has 2 N–H and O–H groups in total. The van der Waals surface area contributed by atoms with Crippen LogP contribution in [0.2, 0.25) is 10.0 Å². The van der Waals surface area contributed by atoms with Crippen LogP contribution in [0, 0.1) is 0 Å². The number of hydrogen-bond donors (Lipinski definition) is 1. The number of aromatic nitrogens is 2. The largest absolute Gasteiger partial charge is 0.383 e. The van der Waals surface area contributed by atoms with Crippen LogP contribution in [0.15, 0.2) is 30.9 Å². The van der Waals surface area contributed by atoms with Crippen LogP contribution < -0.4 is 5.73 Å². The number of nitrogens with zero attached hydrogens (tertiary/aromatic N) is 2. The number of anilines is 1. The predicted octanol–water partition coefficient (Wildman–Crippen LogP) is 4.50. The van der Waals surface area contributed by atoms with Gasteiger partial charge in [-0.15, -0.1) is 6.58 Å². The van der Waals surface area contributed by atoms with Gasteiger partial charge in [-0.1, -0.05) is 29.3 Å². The van der Waals surface area contributed by atoms with Crippen molar-refractivity contribution in [3.8, 4) is 11.3 Å². The lowest BCUT2D eigenvalue weighted by molar-refractivity contribution is 0.750. The lowest BCUT2D eigenvalue weighted by Crippen LogP contribution is -2.05. The number of benzene rings is 1. The molecule has 104 valence electrons. The van der Waals surface area contributed by atoms with Gasteiger partial charge in [0.2, 0.25) is 0 Å². The highest BCUT2D eigenvalue weighted by molar-refractivity contribution is 6.35. The Morgan fingerprint density at radius 2 is 1.95 bits per heavy atom. The van der Waals surface area contributed by atoms with Crippen LogP contribution >= 0.6 is 23.2 Å². The van der Waals surface area contributed by atoms with Crippen molar-refractivity contribution in [3.63, 3.8) is 0 Å². The molecule has 0 spiro atoms. The molecule has 0 bridgehead atoms. The van der Waals surface area contributed by atoms with E-state index < -0.39 is 0 Å². The topological polar surface area (TPSA) is 43.8 Å². The molecule has 0 radical (unpaired) electrons. The molecule has 0 amide bonds. The number of nitrogen functional groups attached to an aromatic ring is 1. The van der Waals surface area contributed by atoms with E-state index >= 15 is 0 Å². The first-order valence-electron chi connectivity index (χ1n) is 6.53. The van der Waals surface area contributed by atoms with Crippen molar-refractivity contribution in [2.45, 2.75) is 25.3 Å². The Morgan fingerprint density at radius 3 is 2.50 bits per heavy atom. The van der Waals surface area contributed by atoms with Crippen molar-refractivity contribution in [1.82, 2.24) is 9.55 Å². The third-order valence-electron chi connectivity index (χ3n) is 3.43. The molecule has 1 aliphatic carbocycles. The zero-order valence-electron chi connectivity index (χ0n) is 10.9. The molecule has 3 nitrogen and oxygen atoms in total. The average molecular weight is 308 g/mol. The first-order chi connectivity index (χ1) is 9.60. The molecule has 0 aliphatic heterocycles. The van der Waals surface area contributed by atoms with Gasteiger partial charge in [0.05, 0.1) is 0 Å². The molecule has 1 heterocycles. The van der Waals surface area contributed by atoms with Crippen molar-refractivity contribution in [1.29, 1.82) is 0 Å². The van der Waals surface area contributed by atoms with E-state index in [0.717, 1.165) is 17.1 Å². The summed E-state index contributed by atoms with van der Waals surface area (Å²) in [7, 11) is 0. The molecule has 5 heteroatoms. The number of halogens is 2. The Bertz CT molecular complexity index is 652. The molecule has 0 saturated heterocycles. The number of rotatable bonds is 4. The first kappa shape index (κ1) is 13.5. The molecule has 1 aromatic heterocycles. The van der Waals surface area contributed by atoms with E-state index in [1.807, 2.05) is 22.8 Å². The second kappa shape index (κ2) is 5.15. The van der Waals surface area contributed by atoms with Crippen LogP contribution in [0.5, 0.6) is 0 Å². The molecule has 1 aromatic carbocycles. The quantitative estimate of drug-likeness (QED) is 0.845. The highest BCUT2D eigenvalue weighted by atomic mass is 35.5. The van der Waals surface area contributed by atoms with Gasteiger partial charge in [0.25, 0.3) is 0 Å². The van der Waals surface area contributed by atoms with Crippen molar-refractivity contribution in [2.24, 2.45) is 0 Å². The van der Waals surface area contributed by atoms with Crippen LogP contribution in [-0.4, -0.2) is 9.55 Å². The Hall–Kier alpha value is -1.45. The van der Waals surface area contributed by atoms with Crippen molar-refractivity contribution in [2.75, 3.05) is 5.73 Å². The van der Waals surface area contributed by atoms with Crippen LogP contribution in [0.4, 0.5) is 5.82 Å². The third-order valence-corrected chi connectivity index (χ3v) is 3.86. The van der Waals surface area contributed by atoms with Crippen LogP contribution in [0.1, 0.15) is 24.6 Å². The van der Waals surface area contributed by atoms with E-state index in [1.165, 1.54) is 12.8 Å². The summed E-state index contributed by atoms with van der Waals surface area (Å²) in [5.74, 6) is 2.19. The number of allylic oxidation sites excluding steroid dienone is 1. The van der Waals surface area contributed by atoms with Crippen LogP contribution in [0.3, 0.4) is 0 Å². The molecule has 0 unspecified atom stereocenters. The number of nitrogens with two attached hydrogens (primary N) is 1. The van der Waals surface area contributed by atoms with Crippen LogP contribution in [0.25, 0.3) is 11.3 Å². The smallest absolute Gasteiger partial charge is 0.132 e. The number of imidazole rings is 1. The summed E-state index contributed by atoms with van der Waals surface area (Å²) >= 11 is 12.1. The van der Waals surface area contributed by atoms with Crippen molar-refractivity contribution >= 4 is 29.0 Å². The van der Waals surface area contributed by atoms with E-state index in [1.54, 1.807) is 6.07 Å². The summed E-state index contributed by atoms with van der Waals surface area (Å²) in [6.07, 6.45) is 4.17. The van der Waals surface area contributed by atoms with E-state index in [2.05, 4.69) is 6.58 Å². The lowest BCUT2D eigenvalue weighted by atomic mass is 10.1. The fourth-order valence-electron chi connectivity index (χ4n) is 2.36. The van der Waals surface area contributed by atoms with E-state index in [4.69, 9.17) is 33.9 Å². The minimum Gasteiger partial charge on any atom is -0.383 e. The fraction of sp³-hybridized carbons (Fsp3) is 0.267. The summed E-state index contributed by atoms with van der Waals surface area (Å²) in [6, 6.07) is 5.37. The summed E-state index contributed by atoms with van der Waals surface area (Å²) in [5, 5.41) is 1.16. The maximum Gasteiger partial charge on any atom is 0.132 e. The van der Waals surface area contributed by atoms with Crippen molar-refractivity contribution < 1.29 is 0 Å². The van der Waals surface area contributed by atoms with Gasteiger partial charge in [-0.05, 0) is 31.0 Å². The zero-order valence-corrected chi connectivity index (χ0v) is 12.5. The Balaban J connectivity index is 2.13. The summed E-state index contributed by atoms with van der Waals surface area (Å²) in [5.41, 5.74) is 7.85. The van der Waals surface area contributed by atoms with Gasteiger partial charge in [0.1, 0.15) is 17.3 Å². The summed E-state index contributed by atoms with van der Waals surface area (Å²) < 4.78 is 2.02. The SMILES string of the molecule is C=CCn1c(C2CC2)nc(-c2cc(Cl)cc(Cl)c2)c1N. The molecule has 1 fully saturated rings. The monoisotopic (exact) mass is 307 g/mol. The van der Waals surface area contributed by atoms with Gasteiger partial charge < -0.3 is 10.3 Å². The molecule has 20 heavy (non-hydrogen) atoms. The fourth-order valence-corrected chi connectivity index (χ4v) is 2.89. The molecule has 0 atom stereocenters. The van der Waals surface area contributed by atoms with Gasteiger partial charge in [-0.2, -0.15) is 0 Å². The molecule has 1 aliphatic rings.